The second kappa shape index (κ2) is 6.37. The van der Waals surface area contributed by atoms with Crippen molar-refractivity contribution in [3.05, 3.63) is 28.8 Å². The van der Waals surface area contributed by atoms with E-state index >= 15 is 0 Å². The highest BCUT2D eigenvalue weighted by Gasteiger charge is 2.05. The molecule has 1 rings (SSSR count). The van der Waals surface area contributed by atoms with E-state index in [2.05, 4.69) is 25.5 Å². The third kappa shape index (κ3) is 3.73. The number of halogens is 1. The molecular weight excluding hydrogens is 222 g/mol. The lowest BCUT2D eigenvalue weighted by molar-refractivity contribution is -0.858. The zero-order chi connectivity index (χ0) is 12.0. The lowest BCUT2D eigenvalue weighted by Crippen LogP contribution is -3.05. The molecule has 0 atom stereocenters. The minimum Gasteiger partial charge on any atom is -0.384 e. The van der Waals surface area contributed by atoms with Gasteiger partial charge in [-0.25, -0.2) is 0 Å². The van der Waals surface area contributed by atoms with Gasteiger partial charge in [-0.1, -0.05) is 17.7 Å². The highest BCUT2D eigenvalue weighted by molar-refractivity contribution is 6.32. The number of nitrogens with one attached hydrogen (secondary N) is 2. The van der Waals surface area contributed by atoms with Gasteiger partial charge >= 0.3 is 0 Å². The van der Waals surface area contributed by atoms with Gasteiger partial charge in [0.2, 0.25) is 0 Å². The molecule has 0 bridgehead atoms. The van der Waals surface area contributed by atoms with Crippen molar-refractivity contribution in [3.8, 4) is 6.07 Å². The normalized spacial score (nSPS) is 10.2. The van der Waals surface area contributed by atoms with Crippen LogP contribution in [0.3, 0.4) is 0 Å². The van der Waals surface area contributed by atoms with E-state index in [1.807, 2.05) is 12.1 Å². The van der Waals surface area contributed by atoms with Gasteiger partial charge in [-0.2, -0.15) is 5.26 Å². The molecule has 2 N–H and O–H groups in total. The van der Waals surface area contributed by atoms with E-state index in [1.54, 1.807) is 6.07 Å². The first kappa shape index (κ1) is 12.8. The number of quaternary nitrogens is 1. The molecule has 1 aromatic rings. The summed E-state index contributed by atoms with van der Waals surface area (Å²) in [6, 6.07) is 7.58. The molecule has 1 aromatic carbocycles. The van der Waals surface area contributed by atoms with Gasteiger partial charge in [-0.05, 0) is 12.1 Å². The second-order valence-corrected chi connectivity index (χ2v) is 4.42. The molecule has 0 saturated carbocycles. The van der Waals surface area contributed by atoms with Crippen molar-refractivity contribution in [2.45, 2.75) is 6.42 Å². The molecule has 0 amide bonds. The van der Waals surface area contributed by atoms with Gasteiger partial charge in [0.15, 0.2) is 0 Å². The van der Waals surface area contributed by atoms with Crippen LogP contribution in [0.25, 0.3) is 0 Å². The van der Waals surface area contributed by atoms with Crippen LogP contribution in [0.15, 0.2) is 18.2 Å². The molecule has 0 saturated heterocycles. The first-order valence-electron chi connectivity index (χ1n) is 5.36. The summed E-state index contributed by atoms with van der Waals surface area (Å²) in [6.07, 6.45) is 1.07. The standard InChI is InChI=1S/C12H16ClN3/c1-16(2)8-4-7-15-12-6-3-5-11(13)10(12)9-14/h3,5-6,15H,4,7-8H2,1-2H3/p+1. The molecule has 16 heavy (non-hydrogen) atoms. The number of hydrogen-bond acceptors (Lipinski definition) is 2. The Morgan fingerprint density at radius 2 is 2.19 bits per heavy atom. The van der Waals surface area contributed by atoms with Crippen LogP contribution in [0, 0.1) is 11.3 Å². The Morgan fingerprint density at radius 3 is 2.81 bits per heavy atom. The second-order valence-electron chi connectivity index (χ2n) is 4.01. The van der Waals surface area contributed by atoms with E-state index in [4.69, 9.17) is 16.9 Å². The molecule has 0 unspecified atom stereocenters. The van der Waals surface area contributed by atoms with Crippen LogP contribution >= 0.6 is 11.6 Å². The summed E-state index contributed by atoms with van der Waals surface area (Å²) in [5, 5.41) is 12.7. The number of nitriles is 1. The third-order valence-corrected chi connectivity index (χ3v) is 2.61. The van der Waals surface area contributed by atoms with Crippen molar-refractivity contribution in [1.82, 2.24) is 0 Å². The SMILES string of the molecule is C[NH+](C)CCCNc1cccc(Cl)c1C#N. The van der Waals surface area contributed by atoms with Crippen LogP contribution in [-0.4, -0.2) is 27.2 Å². The van der Waals surface area contributed by atoms with Gasteiger partial charge < -0.3 is 10.2 Å². The fraction of sp³-hybridized carbons (Fsp3) is 0.417. The molecule has 0 heterocycles. The Bertz CT molecular complexity index is 382. The van der Waals surface area contributed by atoms with Crippen LogP contribution < -0.4 is 10.2 Å². The number of rotatable bonds is 5. The summed E-state index contributed by atoms with van der Waals surface area (Å²) in [7, 11) is 4.25. The Morgan fingerprint density at radius 1 is 1.44 bits per heavy atom. The molecule has 0 spiro atoms. The topological polar surface area (TPSA) is 40.3 Å². The van der Waals surface area contributed by atoms with Gasteiger partial charge in [0.1, 0.15) is 6.07 Å². The molecule has 0 fully saturated rings. The van der Waals surface area contributed by atoms with E-state index in [9.17, 15) is 0 Å². The largest absolute Gasteiger partial charge is 0.384 e. The van der Waals surface area contributed by atoms with Crippen molar-refractivity contribution in [1.29, 1.82) is 5.26 Å². The highest BCUT2D eigenvalue weighted by atomic mass is 35.5. The molecule has 0 aliphatic carbocycles. The molecule has 0 aliphatic heterocycles. The van der Waals surface area contributed by atoms with E-state index in [0.717, 1.165) is 25.2 Å². The van der Waals surface area contributed by atoms with E-state index in [1.165, 1.54) is 4.90 Å². The maximum absolute atomic E-state index is 8.97. The molecule has 3 nitrogen and oxygen atoms in total. The average Bonchev–Trinajstić information content (AvgIpc) is 2.24. The van der Waals surface area contributed by atoms with Crippen LogP contribution in [0.5, 0.6) is 0 Å². The number of benzene rings is 1. The van der Waals surface area contributed by atoms with Crippen molar-refractivity contribution in [3.63, 3.8) is 0 Å². The first-order chi connectivity index (χ1) is 7.65. The zero-order valence-electron chi connectivity index (χ0n) is 9.68. The molecule has 4 heteroatoms. The molecular formula is C12H17ClN3+. The fourth-order valence-corrected chi connectivity index (χ4v) is 1.67. The van der Waals surface area contributed by atoms with Gasteiger partial charge in [-0.3, -0.25) is 0 Å². The predicted molar refractivity (Wildman–Crippen MR) is 67.0 cm³/mol. The van der Waals surface area contributed by atoms with Crippen LogP contribution in [0.1, 0.15) is 12.0 Å². The van der Waals surface area contributed by atoms with E-state index < -0.39 is 0 Å². The lowest BCUT2D eigenvalue weighted by atomic mass is 10.2. The third-order valence-electron chi connectivity index (χ3n) is 2.29. The Kier molecular flexibility index (Phi) is 5.10. The number of nitrogens with zero attached hydrogens (tertiary/aromatic N) is 1. The van der Waals surface area contributed by atoms with E-state index in [-0.39, 0.29) is 0 Å². The molecule has 0 aliphatic rings. The maximum atomic E-state index is 8.97. The fourth-order valence-electron chi connectivity index (χ4n) is 1.45. The minimum atomic E-state index is 0.505. The summed E-state index contributed by atoms with van der Waals surface area (Å²) in [5.74, 6) is 0. The van der Waals surface area contributed by atoms with Crippen LogP contribution in [0.4, 0.5) is 5.69 Å². The smallest absolute Gasteiger partial charge is 0.103 e. The van der Waals surface area contributed by atoms with Gasteiger partial charge in [0.05, 0.1) is 36.9 Å². The summed E-state index contributed by atoms with van der Waals surface area (Å²) in [5.41, 5.74) is 1.35. The molecule has 0 aromatic heterocycles. The summed E-state index contributed by atoms with van der Waals surface area (Å²) in [4.78, 5) is 1.42. The van der Waals surface area contributed by atoms with Crippen molar-refractivity contribution in [2.75, 3.05) is 32.5 Å². The predicted octanol–water partition coefficient (Wildman–Crippen LogP) is 1.16. The van der Waals surface area contributed by atoms with Crippen molar-refractivity contribution >= 4 is 17.3 Å². The summed E-state index contributed by atoms with van der Waals surface area (Å²) >= 11 is 5.93. The number of hydrogen-bond donors (Lipinski definition) is 2. The quantitative estimate of drug-likeness (QED) is 0.756. The van der Waals surface area contributed by atoms with Crippen molar-refractivity contribution < 1.29 is 4.90 Å². The first-order valence-corrected chi connectivity index (χ1v) is 5.74. The molecule has 86 valence electrons. The highest BCUT2D eigenvalue weighted by Crippen LogP contribution is 2.22. The average molecular weight is 239 g/mol. The maximum Gasteiger partial charge on any atom is 0.103 e. The van der Waals surface area contributed by atoms with Gasteiger partial charge in [0, 0.05) is 13.0 Å². The van der Waals surface area contributed by atoms with Crippen LogP contribution in [-0.2, 0) is 0 Å². The summed E-state index contributed by atoms with van der Waals surface area (Å²) < 4.78 is 0. The Hall–Kier alpha value is -1.24. The Balaban J connectivity index is 2.54. The minimum absolute atomic E-state index is 0.505. The monoisotopic (exact) mass is 238 g/mol. The molecule has 0 radical (unpaired) electrons. The van der Waals surface area contributed by atoms with E-state index in [0.29, 0.717) is 10.6 Å². The zero-order valence-corrected chi connectivity index (χ0v) is 10.4. The van der Waals surface area contributed by atoms with Crippen molar-refractivity contribution in [2.24, 2.45) is 0 Å². The summed E-state index contributed by atoms with van der Waals surface area (Å²) in [6.45, 7) is 1.97. The Labute approximate surface area is 102 Å². The van der Waals surface area contributed by atoms with Crippen LogP contribution in [0.2, 0.25) is 5.02 Å². The number of anilines is 1. The lowest BCUT2D eigenvalue weighted by Gasteiger charge is -2.10. The van der Waals surface area contributed by atoms with Gasteiger partial charge in [0.25, 0.3) is 0 Å². The van der Waals surface area contributed by atoms with Gasteiger partial charge in [-0.15, -0.1) is 0 Å².